The molecule has 1 atom stereocenters. The molecule has 0 spiro atoms. The molecule has 164 valence electrons. The van der Waals surface area contributed by atoms with Crippen LogP contribution in [-0.2, 0) is 16.0 Å². The van der Waals surface area contributed by atoms with Crippen LogP contribution in [0.1, 0.15) is 25.0 Å². The van der Waals surface area contributed by atoms with Gasteiger partial charge in [0.15, 0.2) is 5.96 Å². The number of hydrogen-bond donors (Lipinski definition) is 2. The van der Waals surface area contributed by atoms with Crippen LogP contribution >= 0.6 is 0 Å². The van der Waals surface area contributed by atoms with Gasteiger partial charge in [-0.05, 0) is 31.4 Å². The van der Waals surface area contributed by atoms with Crippen molar-refractivity contribution in [2.75, 3.05) is 66.3 Å². The molecule has 1 aliphatic heterocycles. The maximum atomic E-state index is 5.88. The van der Waals surface area contributed by atoms with E-state index < -0.39 is 0 Å². The first-order valence-electron chi connectivity index (χ1n) is 10.7. The number of rotatable bonds is 11. The van der Waals surface area contributed by atoms with E-state index in [0.717, 1.165) is 63.2 Å². The minimum absolute atomic E-state index is 0.532. The topological polar surface area (TPSA) is 67.4 Å². The predicted molar refractivity (Wildman–Crippen MR) is 118 cm³/mol. The van der Waals surface area contributed by atoms with Gasteiger partial charge >= 0.3 is 0 Å². The molecule has 1 fully saturated rings. The van der Waals surface area contributed by atoms with Gasteiger partial charge in [-0.25, -0.2) is 4.99 Å². The second kappa shape index (κ2) is 13.4. The Hall–Kier alpha value is -1.83. The van der Waals surface area contributed by atoms with E-state index in [0.29, 0.717) is 25.7 Å². The fourth-order valence-electron chi connectivity index (χ4n) is 3.23. The molecule has 7 heteroatoms. The Labute approximate surface area is 175 Å². The molecule has 0 radical (unpaired) electrons. The van der Waals surface area contributed by atoms with Crippen molar-refractivity contribution in [3.05, 3.63) is 29.3 Å². The summed E-state index contributed by atoms with van der Waals surface area (Å²) >= 11 is 0. The van der Waals surface area contributed by atoms with Gasteiger partial charge in [0.1, 0.15) is 12.4 Å². The normalized spacial score (nSPS) is 16.5. The first-order chi connectivity index (χ1) is 14.1. The quantitative estimate of drug-likeness (QED) is 0.333. The van der Waals surface area contributed by atoms with Gasteiger partial charge in [0.05, 0.1) is 26.4 Å². The van der Waals surface area contributed by atoms with Crippen molar-refractivity contribution >= 4 is 5.96 Å². The Morgan fingerprint density at radius 1 is 1.24 bits per heavy atom. The van der Waals surface area contributed by atoms with E-state index in [1.54, 1.807) is 7.11 Å². The van der Waals surface area contributed by atoms with Gasteiger partial charge in [-0.2, -0.15) is 0 Å². The van der Waals surface area contributed by atoms with E-state index in [2.05, 4.69) is 54.5 Å². The van der Waals surface area contributed by atoms with Gasteiger partial charge < -0.3 is 24.8 Å². The minimum atomic E-state index is 0.532. The average molecular weight is 407 g/mol. The molecule has 1 aliphatic rings. The molecule has 1 saturated heterocycles. The molecular weight excluding hydrogens is 368 g/mol. The van der Waals surface area contributed by atoms with E-state index >= 15 is 0 Å². The molecule has 0 amide bonds. The van der Waals surface area contributed by atoms with Crippen LogP contribution < -0.4 is 15.4 Å². The van der Waals surface area contributed by atoms with Crippen molar-refractivity contribution in [3.8, 4) is 5.75 Å². The van der Waals surface area contributed by atoms with Crippen LogP contribution in [0, 0.1) is 12.8 Å². The molecule has 1 aromatic rings. The Kier molecular flexibility index (Phi) is 10.8. The molecule has 1 aromatic carbocycles. The monoisotopic (exact) mass is 406 g/mol. The number of hydrogen-bond acceptors (Lipinski definition) is 5. The van der Waals surface area contributed by atoms with Crippen molar-refractivity contribution < 1.29 is 14.2 Å². The van der Waals surface area contributed by atoms with Crippen LogP contribution in [0.15, 0.2) is 23.2 Å². The Morgan fingerprint density at radius 3 is 2.76 bits per heavy atom. The van der Waals surface area contributed by atoms with Crippen LogP contribution in [0.4, 0.5) is 0 Å². The van der Waals surface area contributed by atoms with E-state index in [1.807, 2.05) is 0 Å². The van der Waals surface area contributed by atoms with Crippen molar-refractivity contribution in [1.82, 2.24) is 15.5 Å². The summed E-state index contributed by atoms with van der Waals surface area (Å²) in [7, 11) is 1.68. The summed E-state index contributed by atoms with van der Waals surface area (Å²) in [6, 6.07) is 6.25. The smallest absolute Gasteiger partial charge is 0.191 e. The van der Waals surface area contributed by atoms with Crippen molar-refractivity contribution in [1.29, 1.82) is 0 Å². The van der Waals surface area contributed by atoms with E-state index in [4.69, 9.17) is 19.2 Å². The highest BCUT2D eigenvalue weighted by Crippen LogP contribution is 2.21. The number of nitrogens with one attached hydrogen (secondary N) is 2. The Balaban J connectivity index is 1.90. The number of methoxy groups -OCH3 is 1. The third kappa shape index (κ3) is 9.02. The Morgan fingerprint density at radius 2 is 2.03 bits per heavy atom. The van der Waals surface area contributed by atoms with Gasteiger partial charge in [0, 0.05) is 45.4 Å². The number of ether oxygens (including phenoxy) is 3. The molecule has 0 saturated carbocycles. The summed E-state index contributed by atoms with van der Waals surface area (Å²) < 4.78 is 16.4. The summed E-state index contributed by atoms with van der Waals surface area (Å²) in [4.78, 5) is 7.24. The fourth-order valence-corrected chi connectivity index (χ4v) is 3.23. The summed E-state index contributed by atoms with van der Waals surface area (Å²) in [6.45, 7) is 14.6. The molecular formula is C22H38N4O3. The molecule has 29 heavy (non-hydrogen) atoms. The van der Waals surface area contributed by atoms with Gasteiger partial charge in [-0.15, -0.1) is 0 Å². The zero-order valence-electron chi connectivity index (χ0n) is 18.5. The van der Waals surface area contributed by atoms with E-state index in [-0.39, 0.29) is 0 Å². The number of benzene rings is 1. The van der Waals surface area contributed by atoms with Crippen molar-refractivity contribution in [3.63, 3.8) is 0 Å². The molecule has 7 nitrogen and oxygen atoms in total. The van der Waals surface area contributed by atoms with Crippen LogP contribution in [-0.4, -0.2) is 77.1 Å². The van der Waals surface area contributed by atoms with Gasteiger partial charge in [0.2, 0.25) is 0 Å². The molecule has 1 unspecified atom stereocenters. The predicted octanol–water partition coefficient (Wildman–Crippen LogP) is 2.04. The highest BCUT2D eigenvalue weighted by Gasteiger charge is 2.14. The van der Waals surface area contributed by atoms with Crippen molar-refractivity contribution in [2.45, 2.75) is 27.3 Å². The first-order valence-corrected chi connectivity index (χ1v) is 10.7. The first kappa shape index (κ1) is 23.4. The molecule has 0 bridgehead atoms. The maximum Gasteiger partial charge on any atom is 0.191 e. The molecule has 0 aliphatic carbocycles. The standard InChI is InChI=1S/C22H38N4O3/c1-5-23-22(24-15-19(3)17-26-8-10-28-11-9-26)25-16-20-7-6-18(2)14-21(20)29-13-12-27-4/h6-7,14,19H,5,8-13,15-17H2,1-4H3,(H2,23,24,25). The maximum absolute atomic E-state index is 5.88. The molecule has 2 N–H and O–H groups in total. The third-order valence-corrected chi connectivity index (χ3v) is 4.81. The highest BCUT2D eigenvalue weighted by atomic mass is 16.5. The SMILES string of the molecule is CCNC(=NCc1ccc(C)cc1OCCOC)NCC(C)CN1CCOCC1. The van der Waals surface area contributed by atoms with E-state index in [9.17, 15) is 0 Å². The van der Waals surface area contributed by atoms with Gasteiger partial charge in [0.25, 0.3) is 0 Å². The Bertz CT molecular complexity index is 618. The second-order valence-electron chi connectivity index (χ2n) is 7.55. The zero-order valence-corrected chi connectivity index (χ0v) is 18.5. The lowest BCUT2D eigenvalue weighted by atomic mass is 10.1. The number of guanidine groups is 1. The number of nitrogens with zero attached hydrogens (tertiary/aromatic N) is 2. The molecule has 1 heterocycles. The lowest BCUT2D eigenvalue weighted by molar-refractivity contribution is 0.0320. The van der Waals surface area contributed by atoms with Crippen LogP contribution in [0.3, 0.4) is 0 Å². The minimum Gasteiger partial charge on any atom is -0.491 e. The zero-order chi connectivity index (χ0) is 20.9. The highest BCUT2D eigenvalue weighted by molar-refractivity contribution is 5.79. The number of morpholine rings is 1. The average Bonchev–Trinajstić information content (AvgIpc) is 2.72. The summed E-state index contributed by atoms with van der Waals surface area (Å²) in [5, 5.41) is 6.82. The molecule has 2 rings (SSSR count). The lowest BCUT2D eigenvalue weighted by Gasteiger charge is -2.29. The summed E-state index contributed by atoms with van der Waals surface area (Å²) in [5.41, 5.74) is 2.25. The summed E-state index contributed by atoms with van der Waals surface area (Å²) in [5.74, 6) is 2.25. The fraction of sp³-hybridized carbons (Fsp3) is 0.682. The third-order valence-electron chi connectivity index (χ3n) is 4.81. The van der Waals surface area contributed by atoms with Gasteiger partial charge in [-0.1, -0.05) is 19.1 Å². The molecule has 0 aromatic heterocycles. The van der Waals surface area contributed by atoms with Gasteiger partial charge in [-0.3, -0.25) is 4.90 Å². The van der Waals surface area contributed by atoms with Crippen LogP contribution in [0.25, 0.3) is 0 Å². The number of aliphatic imine (C=N–C) groups is 1. The van der Waals surface area contributed by atoms with E-state index in [1.165, 1.54) is 5.56 Å². The van der Waals surface area contributed by atoms with Crippen LogP contribution in [0.5, 0.6) is 5.75 Å². The number of aryl methyl sites for hydroxylation is 1. The lowest BCUT2D eigenvalue weighted by Crippen LogP contribution is -2.44. The van der Waals surface area contributed by atoms with Crippen LogP contribution in [0.2, 0.25) is 0 Å². The van der Waals surface area contributed by atoms with Crippen molar-refractivity contribution in [2.24, 2.45) is 10.9 Å². The largest absolute Gasteiger partial charge is 0.491 e. The second-order valence-corrected chi connectivity index (χ2v) is 7.55. The summed E-state index contributed by atoms with van der Waals surface area (Å²) in [6.07, 6.45) is 0.